The zero-order valence-electron chi connectivity index (χ0n) is 13.7. The van der Waals surface area contributed by atoms with Gasteiger partial charge in [-0.05, 0) is 60.2 Å². The first-order valence-electron chi connectivity index (χ1n) is 8.10. The first-order chi connectivity index (χ1) is 12.6. The highest BCUT2D eigenvalue weighted by Gasteiger charge is 2.30. The second-order valence-corrected chi connectivity index (χ2v) is 8.92. The summed E-state index contributed by atoms with van der Waals surface area (Å²) in [7, 11) is -3.55. The molecule has 3 heterocycles. The van der Waals surface area contributed by atoms with Crippen molar-refractivity contribution >= 4 is 38.6 Å². The summed E-state index contributed by atoms with van der Waals surface area (Å²) in [6.45, 7) is 0.450. The molecule has 26 heavy (non-hydrogen) atoms. The predicted octanol–water partition coefficient (Wildman–Crippen LogP) is 3.73. The fourth-order valence-corrected chi connectivity index (χ4v) is 5.66. The fourth-order valence-electron chi connectivity index (χ4n) is 3.01. The molecule has 0 saturated heterocycles. The molecule has 1 N–H and O–H groups in total. The Morgan fingerprint density at radius 3 is 2.81 bits per heavy atom. The van der Waals surface area contributed by atoms with E-state index in [-0.39, 0.29) is 11.7 Å². The lowest BCUT2D eigenvalue weighted by Crippen LogP contribution is -2.35. The molecule has 3 aromatic rings. The summed E-state index contributed by atoms with van der Waals surface area (Å²) in [5.74, 6) is -0.113. The number of anilines is 2. The van der Waals surface area contributed by atoms with Gasteiger partial charge in [-0.3, -0.25) is 9.10 Å². The van der Waals surface area contributed by atoms with Crippen LogP contribution in [-0.2, 0) is 16.4 Å². The third-order valence-corrected chi connectivity index (χ3v) is 7.38. The largest absolute Gasteiger partial charge is 0.459 e. The van der Waals surface area contributed by atoms with E-state index in [2.05, 4.69) is 5.32 Å². The number of amides is 1. The van der Waals surface area contributed by atoms with Crippen LogP contribution in [-0.4, -0.2) is 20.9 Å². The summed E-state index contributed by atoms with van der Waals surface area (Å²) in [5, 5.41) is 4.53. The lowest BCUT2D eigenvalue weighted by Gasteiger charge is -2.30. The number of furan rings is 1. The summed E-state index contributed by atoms with van der Waals surface area (Å²) in [6, 6.07) is 11.9. The Hall–Kier alpha value is -2.58. The molecule has 4 rings (SSSR count). The normalized spacial score (nSPS) is 14.1. The van der Waals surface area contributed by atoms with E-state index in [1.54, 1.807) is 41.8 Å². The van der Waals surface area contributed by atoms with Gasteiger partial charge < -0.3 is 9.73 Å². The van der Waals surface area contributed by atoms with Crippen LogP contribution in [0.1, 0.15) is 22.5 Å². The lowest BCUT2D eigenvalue weighted by molar-refractivity contribution is 0.0996. The number of carbonyl (C=O) groups is 1. The van der Waals surface area contributed by atoms with Gasteiger partial charge in [-0.15, -0.1) is 11.3 Å². The molecule has 1 aliphatic heterocycles. The van der Waals surface area contributed by atoms with Crippen LogP contribution in [0.15, 0.2) is 62.7 Å². The molecule has 0 saturated carbocycles. The van der Waals surface area contributed by atoms with Crippen LogP contribution in [0.4, 0.5) is 11.4 Å². The molecule has 0 radical (unpaired) electrons. The van der Waals surface area contributed by atoms with Crippen molar-refractivity contribution in [2.75, 3.05) is 16.2 Å². The molecule has 1 aliphatic rings. The molecule has 2 aromatic heterocycles. The second kappa shape index (κ2) is 6.62. The average Bonchev–Trinajstić information content (AvgIpc) is 3.34. The lowest BCUT2D eigenvalue weighted by atomic mass is 10.0. The van der Waals surface area contributed by atoms with Crippen molar-refractivity contribution in [3.05, 3.63) is 65.4 Å². The van der Waals surface area contributed by atoms with Crippen molar-refractivity contribution in [1.29, 1.82) is 0 Å². The molecule has 0 spiro atoms. The van der Waals surface area contributed by atoms with Gasteiger partial charge in [0.15, 0.2) is 5.76 Å². The highest BCUT2D eigenvalue weighted by atomic mass is 32.2. The summed E-state index contributed by atoms with van der Waals surface area (Å²) in [6.07, 6.45) is 2.93. The maximum Gasteiger partial charge on any atom is 0.291 e. The zero-order chi connectivity index (χ0) is 18.1. The molecular formula is C18H16N2O4S2. The van der Waals surface area contributed by atoms with Gasteiger partial charge in [-0.25, -0.2) is 8.42 Å². The SMILES string of the molecule is O=C(Nc1ccc2c(c1)CCCN2S(=O)(=O)c1cccs1)c1ccco1. The Morgan fingerprint density at radius 1 is 1.19 bits per heavy atom. The first kappa shape index (κ1) is 16.9. The summed E-state index contributed by atoms with van der Waals surface area (Å²) in [4.78, 5) is 12.1. The fraction of sp³-hybridized carbons (Fsp3) is 0.167. The number of fused-ring (bicyclic) bond motifs is 1. The minimum Gasteiger partial charge on any atom is -0.459 e. The molecule has 0 fully saturated rings. The van der Waals surface area contributed by atoms with E-state index in [1.807, 2.05) is 6.07 Å². The van der Waals surface area contributed by atoms with Crippen molar-refractivity contribution in [3.8, 4) is 0 Å². The van der Waals surface area contributed by atoms with Gasteiger partial charge in [0.25, 0.3) is 15.9 Å². The van der Waals surface area contributed by atoms with Crippen molar-refractivity contribution in [1.82, 2.24) is 0 Å². The van der Waals surface area contributed by atoms with Crippen LogP contribution in [0, 0.1) is 0 Å². The predicted molar refractivity (Wildman–Crippen MR) is 100 cm³/mol. The van der Waals surface area contributed by atoms with Crippen LogP contribution in [0.2, 0.25) is 0 Å². The van der Waals surface area contributed by atoms with Gasteiger partial charge in [0.2, 0.25) is 0 Å². The van der Waals surface area contributed by atoms with Crippen LogP contribution in [0.3, 0.4) is 0 Å². The van der Waals surface area contributed by atoms with E-state index in [4.69, 9.17) is 4.42 Å². The molecule has 8 heteroatoms. The number of carbonyl (C=O) groups excluding carboxylic acids is 1. The van der Waals surface area contributed by atoms with E-state index in [0.29, 0.717) is 22.1 Å². The third kappa shape index (κ3) is 3.02. The average molecular weight is 388 g/mol. The Bertz CT molecular complexity index is 1030. The Kier molecular flexibility index (Phi) is 4.29. The van der Waals surface area contributed by atoms with E-state index in [9.17, 15) is 13.2 Å². The Labute approximate surface area is 155 Å². The Morgan fingerprint density at radius 2 is 2.08 bits per heavy atom. The molecule has 0 atom stereocenters. The minimum absolute atomic E-state index is 0.227. The van der Waals surface area contributed by atoms with E-state index in [0.717, 1.165) is 18.4 Å². The number of sulfonamides is 1. The van der Waals surface area contributed by atoms with Crippen LogP contribution in [0.25, 0.3) is 0 Å². The standard InChI is InChI=1S/C18H16N2O4S2/c21-18(16-5-2-10-24-16)19-14-7-8-15-13(12-14)4-1-9-20(15)26(22,23)17-6-3-11-25-17/h2-3,5-8,10-12H,1,4,9H2,(H,19,21). The molecule has 134 valence electrons. The third-order valence-electron chi connectivity index (χ3n) is 4.20. The summed E-state index contributed by atoms with van der Waals surface area (Å²) < 4.78 is 32.6. The monoisotopic (exact) mass is 388 g/mol. The summed E-state index contributed by atoms with van der Waals surface area (Å²) in [5.41, 5.74) is 2.18. The van der Waals surface area contributed by atoms with E-state index in [1.165, 1.54) is 21.9 Å². The molecule has 1 aromatic carbocycles. The van der Waals surface area contributed by atoms with E-state index < -0.39 is 10.0 Å². The number of hydrogen-bond acceptors (Lipinski definition) is 5. The molecule has 0 bridgehead atoms. The van der Waals surface area contributed by atoms with Gasteiger partial charge in [-0.1, -0.05) is 6.07 Å². The van der Waals surface area contributed by atoms with Crippen molar-refractivity contribution in [2.24, 2.45) is 0 Å². The van der Waals surface area contributed by atoms with Gasteiger partial charge >= 0.3 is 0 Å². The summed E-state index contributed by atoms with van der Waals surface area (Å²) >= 11 is 1.21. The molecule has 0 aliphatic carbocycles. The highest BCUT2D eigenvalue weighted by Crippen LogP contribution is 2.34. The molecule has 1 amide bonds. The quantitative estimate of drug-likeness (QED) is 0.738. The molecule has 0 unspecified atom stereocenters. The van der Waals surface area contributed by atoms with Crippen molar-refractivity contribution < 1.29 is 17.6 Å². The minimum atomic E-state index is -3.55. The second-order valence-electron chi connectivity index (χ2n) is 5.89. The smallest absolute Gasteiger partial charge is 0.291 e. The number of aryl methyl sites for hydroxylation is 1. The maximum absolute atomic E-state index is 12.9. The van der Waals surface area contributed by atoms with Crippen LogP contribution < -0.4 is 9.62 Å². The van der Waals surface area contributed by atoms with Crippen molar-refractivity contribution in [2.45, 2.75) is 17.1 Å². The van der Waals surface area contributed by atoms with Crippen LogP contribution in [0.5, 0.6) is 0 Å². The van der Waals surface area contributed by atoms with Crippen LogP contribution >= 0.6 is 11.3 Å². The van der Waals surface area contributed by atoms with Crippen molar-refractivity contribution in [3.63, 3.8) is 0 Å². The van der Waals surface area contributed by atoms with Gasteiger partial charge in [-0.2, -0.15) is 0 Å². The first-order valence-corrected chi connectivity index (χ1v) is 10.4. The van der Waals surface area contributed by atoms with Gasteiger partial charge in [0.1, 0.15) is 4.21 Å². The Balaban J connectivity index is 1.63. The number of rotatable bonds is 4. The zero-order valence-corrected chi connectivity index (χ0v) is 15.3. The number of nitrogens with one attached hydrogen (secondary N) is 1. The van der Waals surface area contributed by atoms with Gasteiger partial charge in [0, 0.05) is 12.2 Å². The van der Waals surface area contributed by atoms with Gasteiger partial charge in [0.05, 0.1) is 12.0 Å². The molecular weight excluding hydrogens is 372 g/mol. The number of hydrogen-bond donors (Lipinski definition) is 1. The molecule has 6 nitrogen and oxygen atoms in total. The van der Waals surface area contributed by atoms with E-state index >= 15 is 0 Å². The number of benzene rings is 1. The number of nitrogens with zero attached hydrogens (tertiary/aromatic N) is 1. The number of thiophene rings is 1. The topological polar surface area (TPSA) is 79.6 Å². The maximum atomic E-state index is 12.9. The highest BCUT2D eigenvalue weighted by molar-refractivity contribution is 7.94.